The SMILES string of the molecule is CC(C)(Cc1ccc2ccccc2c1)NCCN=O.CN1CCCC1.O=COCc1ccccc1. The first-order chi connectivity index (χ1) is 16.9. The van der Waals surface area contributed by atoms with E-state index in [2.05, 4.69) is 83.5 Å². The van der Waals surface area contributed by atoms with Crippen molar-refractivity contribution in [3.8, 4) is 0 Å². The number of likely N-dealkylation sites (tertiary alicyclic amines) is 1. The second-order valence-corrected chi connectivity index (χ2v) is 9.42. The lowest BCUT2D eigenvalue weighted by Gasteiger charge is -2.26. The number of carbonyl (C=O) groups excluding carboxylic acids is 1. The highest BCUT2D eigenvalue weighted by Gasteiger charge is 2.17. The number of fused-ring (bicyclic) bond motifs is 1. The molecule has 1 aliphatic rings. The van der Waals surface area contributed by atoms with Gasteiger partial charge in [0.05, 0.1) is 6.54 Å². The zero-order valence-corrected chi connectivity index (χ0v) is 21.3. The van der Waals surface area contributed by atoms with Crippen molar-refractivity contribution in [3.63, 3.8) is 0 Å². The molecule has 0 aromatic heterocycles. The second-order valence-electron chi connectivity index (χ2n) is 9.42. The lowest BCUT2D eigenvalue weighted by atomic mass is 9.93. The van der Waals surface area contributed by atoms with Crippen LogP contribution in [0, 0.1) is 4.91 Å². The monoisotopic (exact) mass is 477 g/mol. The molecule has 0 radical (unpaired) electrons. The van der Waals surface area contributed by atoms with Gasteiger partial charge in [-0.3, -0.25) is 4.79 Å². The third-order valence-electron chi connectivity index (χ3n) is 5.76. The van der Waals surface area contributed by atoms with Gasteiger partial charge in [0.15, 0.2) is 0 Å². The molecule has 0 bridgehead atoms. The van der Waals surface area contributed by atoms with Crippen LogP contribution in [-0.2, 0) is 22.6 Å². The summed E-state index contributed by atoms with van der Waals surface area (Å²) in [6.07, 6.45) is 3.75. The fourth-order valence-corrected chi connectivity index (χ4v) is 3.94. The molecule has 0 unspecified atom stereocenters. The Hall–Kier alpha value is -3.09. The number of ether oxygens (including phenoxy) is 1. The Kier molecular flexibility index (Phi) is 12.7. The number of hydrogen-bond donors (Lipinski definition) is 1. The van der Waals surface area contributed by atoms with Gasteiger partial charge >= 0.3 is 0 Å². The summed E-state index contributed by atoms with van der Waals surface area (Å²) in [7, 11) is 2.17. The number of benzene rings is 3. The molecule has 35 heavy (non-hydrogen) atoms. The highest BCUT2D eigenvalue weighted by atomic mass is 16.5. The molecule has 0 amide bonds. The van der Waals surface area contributed by atoms with Gasteiger partial charge in [0.25, 0.3) is 6.47 Å². The normalized spacial score (nSPS) is 13.2. The van der Waals surface area contributed by atoms with Crippen LogP contribution in [-0.4, -0.2) is 50.1 Å². The Morgan fingerprint density at radius 2 is 1.60 bits per heavy atom. The average Bonchev–Trinajstić information content (AvgIpc) is 3.35. The molecule has 6 heteroatoms. The average molecular weight is 478 g/mol. The van der Waals surface area contributed by atoms with E-state index in [1.54, 1.807) is 0 Å². The van der Waals surface area contributed by atoms with Gasteiger partial charge in [-0.1, -0.05) is 78.0 Å². The molecule has 1 fully saturated rings. The minimum Gasteiger partial charge on any atom is -0.463 e. The highest BCUT2D eigenvalue weighted by molar-refractivity contribution is 5.83. The highest BCUT2D eigenvalue weighted by Crippen LogP contribution is 2.19. The predicted octanol–water partition coefficient (Wildman–Crippen LogP) is 5.59. The van der Waals surface area contributed by atoms with Gasteiger partial charge in [-0.2, -0.15) is 4.91 Å². The van der Waals surface area contributed by atoms with Gasteiger partial charge in [-0.05, 0) is 75.1 Å². The molecule has 1 N–H and O–H groups in total. The molecule has 188 valence electrons. The van der Waals surface area contributed by atoms with Crippen LogP contribution in [0.4, 0.5) is 0 Å². The quantitative estimate of drug-likeness (QED) is 0.247. The van der Waals surface area contributed by atoms with Crippen molar-refractivity contribution in [2.24, 2.45) is 5.18 Å². The topological polar surface area (TPSA) is 71.0 Å². The molecule has 1 aliphatic heterocycles. The lowest BCUT2D eigenvalue weighted by Crippen LogP contribution is -2.42. The van der Waals surface area contributed by atoms with Crippen molar-refractivity contribution in [3.05, 3.63) is 88.8 Å². The molecular weight excluding hydrogens is 438 g/mol. The summed E-state index contributed by atoms with van der Waals surface area (Å²) >= 11 is 0. The van der Waals surface area contributed by atoms with Gasteiger partial charge in [0.1, 0.15) is 6.61 Å². The Bertz CT molecular complexity index is 1000. The van der Waals surface area contributed by atoms with Crippen molar-refractivity contribution < 1.29 is 9.53 Å². The van der Waals surface area contributed by atoms with Crippen LogP contribution >= 0.6 is 0 Å². The standard InChI is InChI=1S/C16H20N2O.C8H8O2.C5H11N/c1-16(2,17-9-10-18-19)12-13-7-8-14-5-3-4-6-15(14)11-13;9-7-10-6-8-4-2-1-3-5-8;1-6-4-2-3-5-6/h3-8,11,17H,9-10,12H2,1-2H3;1-5,7H,6H2;2-5H2,1H3. The van der Waals surface area contributed by atoms with Crippen molar-refractivity contribution in [1.29, 1.82) is 0 Å². The first-order valence-corrected chi connectivity index (χ1v) is 12.2. The number of nitroso groups, excluding NO2 is 1. The summed E-state index contributed by atoms with van der Waals surface area (Å²) < 4.78 is 4.54. The Morgan fingerprint density at radius 1 is 0.943 bits per heavy atom. The van der Waals surface area contributed by atoms with Gasteiger partial charge in [0.2, 0.25) is 0 Å². The van der Waals surface area contributed by atoms with Crippen LogP contribution in [0.2, 0.25) is 0 Å². The maximum absolute atomic E-state index is 10.1. The molecule has 0 atom stereocenters. The van der Waals surface area contributed by atoms with Crippen LogP contribution < -0.4 is 5.32 Å². The number of carbonyl (C=O) groups is 1. The molecule has 1 saturated heterocycles. The Labute approximate surface area is 209 Å². The molecule has 0 spiro atoms. The largest absolute Gasteiger partial charge is 0.463 e. The zero-order valence-electron chi connectivity index (χ0n) is 21.3. The number of nitrogens with one attached hydrogen (secondary N) is 1. The van der Waals surface area contributed by atoms with Gasteiger partial charge in [-0.25, -0.2) is 0 Å². The molecule has 3 aromatic carbocycles. The summed E-state index contributed by atoms with van der Waals surface area (Å²) in [6.45, 7) is 8.70. The molecule has 3 aromatic rings. The summed E-state index contributed by atoms with van der Waals surface area (Å²) in [5.41, 5.74) is 2.28. The van der Waals surface area contributed by atoms with E-state index in [9.17, 15) is 9.70 Å². The van der Waals surface area contributed by atoms with Crippen LogP contribution in [0.1, 0.15) is 37.8 Å². The lowest BCUT2D eigenvalue weighted by molar-refractivity contribution is -0.129. The van der Waals surface area contributed by atoms with E-state index in [-0.39, 0.29) is 5.54 Å². The Morgan fingerprint density at radius 3 is 2.20 bits per heavy atom. The first kappa shape index (κ1) is 28.1. The van der Waals surface area contributed by atoms with Gasteiger partial charge in [-0.15, -0.1) is 0 Å². The number of hydrogen-bond acceptors (Lipinski definition) is 6. The molecule has 0 saturated carbocycles. The van der Waals surface area contributed by atoms with E-state index in [1.807, 2.05) is 30.3 Å². The summed E-state index contributed by atoms with van der Waals surface area (Å²) in [5.74, 6) is 0. The van der Waals surface area contributed by atoms with Gasteiger partial charge < -0.3 is 15.0 Å². The first-order valence-electron chi connectivity index (χ1n) is 12.2. The van der Waals surface area contributed by atoms with Crippen molar-refractivity contribution >= 4 is 17.2 Å². The van der Waals surface area contributed by atoms with Crippen LogP contribution in [0.5, 0.6) is 0 Å². The second kappa shape index (κ2) is 15.7. The molecule has 6 nitrogen and oxygen atoms in total. The summed E-state index contributed by atoms with van der Waals surface area (Å²) in [5, 5.41) is 8.77. The van der Waals surface area contributed by atoms with E-state index in [4.69, 9.17) is 0 Å². The molecular formula is C29H39N3O3. The van der Waals surface area contributed by atoms with Crippen LogP contribution in [0.15, 0.2) is 78.0 Å². The summed E-state index contributed by atoms with van der Waals surface area (Å²) in [6, 6.07) is 24.5. The van der Waals surface area contributed by atoms with E-state index in [0.29, 0.717) is 26.2 Å². The number of nitrogens with zero attached hydrogens (tertiary/aromatic N) is 2. The maximum atomic E-state index is 10.1. The van der Waals surface area contributed by atoms with E-state index in [0.717, 1.165) is 12.0 Å². The van der Waals surface area contributed by atoms with Crippen molar-refractivity contribution in [1.82, 2.24) is 10.2 Å². The minimum atomic E-state index is -0.0346. The van der Waals surface area contributed by atoms with E-state index < -0.39 is 0 Å². The van der Waals surface area contributed by atoms with Gasteiger partial charge in [0, 0.05) is 12.1 Å². The third kappa shape index (κ3) is 11.7. The van der Waals surface area contributed by atoms with Crippen molar-refractivity contribution in [2.75, 3.05) is 33.2 Å². The van der Waals surface area contributed by atoms with E-state index >= 15 is 0 Å². The van der Waals surface area contributed by atoms with Crippen LogP contribution in [0.25, 0.3) is 10.8 Å². The zero-order chi connectivity index (χ0) is 25.4. The smallest absolute Gasteiger partial charge is 0.293 e. The molecule has 1 heterocycles. The van der Waals surface area contributed by atoms with Crippen molar-refractivity contribution in [2.45, 2.75) is 45.3 Å². The predicted molar refractivity (Wildman–Crippen MR) is 144 cm³/mol. The fraction of sp³-hybridized carbons (Fsp3) is 0.414. The number of rotatable bonds is 9. The summed E-state index contributed by atoms with van der Waals surface area (Å²) in [4.78, 5) is 22.2. The van der Waals surface area contributed by atoms with Crippen LogP contribution in [0.3, 0.4) is 0 Å². The Balaban J connectivity index is 0.000000223. The molecule has 4 rings (SSSR count). The van der Waals surface area contributed by atoms with E-state index in [1.165, 1.54) is 42.3 Å². The fourth-order valence-electron chi connectivity index (χ4n) is 3.94. The minimum absolute atomic E-state index is 0.0346. The maximum Gasteiger partial charge on any atom is 0.293 e. The molecule has 0 aliphatic carbocycles. The third-order valence-corrected chi connectivity index (χ3v) is 5.76.